The summed E-state index contributed by atoms with van der Waals surface area (Å²) in [5.41, 5.74) is 2.98. The normalized spacial score (nSPS) is 12.4. The maximum atomic E-state index is 9.79. The van der Waals surface area contributed by atoms with E-state index in [1.165, 1.54) is 0 Å². The first-order valence-electron chi connectivity index (χ1n) is 7.02. The van der Waals surface area contributed by atoms with Crippen LogP contribution in [0.15, 0.2) is 30.7 Å². The number of aliphatic hydroxyl groups is 1. The molecule has 1 unspecified atom stereocenters. The summed E-state index contributed by atoms with van der Waals surface area (Å²) in [6, 6.07) is 5.86. The summed E-state index contributed by atoms with van der Waals surface area (Å²) in [4.78, 5) is 4.16. The van der Waals surface area contributed by atoms with E-state index < -0.39 is 6.10 Å². The summed E-state index contributed by atoms with van der Waals surface area (Å²) in [6.45, 7) is 7.30. The molecule has 0 radical (unpaired) electrons. The van der Waals surface area contributed by atoms with Gasteiger partial charge in [-0.25, -0.2) is 4.98 Å². The lowest BCUT2D eigenvalue weighted by Gasteiger charge is -2.15. The van der Waals surface area contributed by atoms with Gasteiger partial charge in [-0.05, 0) is 31.9 Å². The first kappa shape index (κ1) is 14.6. The SMILES string of the molecule is CCCn1cncc1COc1cc(C)ccc1C(C)O. The van der Waals surface area contributed by atoms with Crippen molar-refractivity contribution in [2.75, 3.05) is 0 Å². The van der Waals surface area contributed by atoms with Gasteiger partial charge in [0, 0.05) is 12.1 Å². The smallest absolute Gasteiger partial charge is 0.130 e. The summed E-state index contributed by atoms with van der Waals surface area (Å²) in [5, 5.41) is 9.79. The van der Waals surface area contributed by atoms with Crippen molar-refractivity contribution in [1.82, 2.24) is 9.55 Å². The van der Waals surface area contributed by atoms with E-state index in [0.717, 1.165) is 35.5 Å². The lowest BCUT2D eigenvalue weighted by Crippen LogP contribution is -2.06. The highest BCUT2D eigenvalue weighted by molar-refractivity contribution is 5.38. The molecule has 0 aliphatic heterocycles. The number of nitrogens with zero attached hydrogens (tertiary/aromatic N) is 2. The fraction of sp³-hybridized carbons (Fsp3) is 0.438. The fourth-order valence-electron chi connectivity index (χ4n) is 2.17. The van der Waals surface area contributed by atoms with Gasteiger partial charge in [-0.15, -0.1) is 0 Å². The Morgan fingerprint density at radius 3 is 2.90 bits per heavy atom. The zero-order valence-corrected chi connectivity index (χ0v) is 12.3. The van der Waals surface area contributed by atoms with Crippen molar-refractivity contribution in [3.05, 3.63) is 47.5 Å². The maximum absolute atomic E-state index is 9.79. The number of rotatable bonds is 6. The first-order chi connectivity index (χ1) is 9.61. The van der Waals surface area contributed by atoms with Gasteiger partial charge >= 0.3 is 0 Å². The third kappa shape index (κ3) is 3.39. The Labute approximate surface area is 120 Å². The zero-order valence-electron chi connectivity index (χ0n) is 12.3. The van der Waals surface area contributed by atoms with Gasteiger partial charge in [0.2, 0.25) is 0 Å². The molecule has 0 aliphatic rings. The third-order valence-electron chi connectivity index (χ3n) is 3.26. The molecule has 2 rings (SSSR count). The van der Waals surface area contributed by atoms with Crippen LogP contribution < -0.4 is 4.74 Å². The molecule has 0 amide bonds. The molecule has 1 heterocycles. The second-order valence-electron chi connectivity index (χ2n) is 5.08. The summed E-state index contributed by atoms with van der Waals surface area (Å²) >= 11 is 0. The largest absolute Gasteiger partial charge is 0.487 e. The molecular formula is C16H22N2O2. The Hall–Kier alpha value is -1.81. The monoisotopic (exact) mass is 274 g/mol. The first-order valence-corrected chi connectivity index (χ1v) is 7.02. The minimum absolute atomic E-state index is 0.461. The Morgan fingerprint density at radius 1 is 1.40 bits per heavy atom. The second kappa shape index (κ2) is 6.57. The van der Waals surface area contributed by atoms with Crippen LogP contribution in [0.5, 0.6) is 5.75 Å². The van der Waals surface area contributed by atoms with Gasteiger partial charge < -0.3 is 14.4 Å². The van der Waals surface area contributed by atoms with Crippen LogP contribution in [0.4, 0.5) is 0 Å². The Bertz CT molecular complexity index is 561. The number of imidazole rings is 1. The maximum Gasteiger partial charge on any atom is 0.130 e. The fourth-order valence-corrected chi connectivity index (χ4v) is 2.17. The summed E-state index contributed by atoms with van der Waals surface area (Å²) in [6.07, 6.45) is 4.18. The molecule has 0 saturated carbocycles. The van der Waals surface area contributed by atoms with E-state index in [9.17, 15) is 5.11 Å². The number of benzene rings is 1. The van der Waals surface area contributed by atoms with Crippen molar-refractivity contribution in [2.24, 2.45) is 0 Å². The van der Waals surface area contributed by atoms with Gasteiger partial charge in [0.1, 0.15) is 12.4 Å². The van der Waals surface area contributed by atoms with Crippen molar-refractivity contribution in [1.29, 1.82) is 0 Å². The molecule has 1 aromatic carbocycles. The van der Waals surface area contributed by atoms with Crippen molar-refractivity contribution in [3.63, 3.8) is 0 Å². The average Bonchev–Trinajstić information content (AvgIpc) is 2.84. The van der Waals surface area contributed by atoms with Crippen LogP contribution in [0.1, 0.15) is 43.2 Å². The van der Waals surface area contributed by atoms with Gasteiger partial charge in [0.25, 0.3) is 0 Å². The van der Waals surface area contributed by atoms with Gasteiger partial charge in [-0.2, -0.15) is 0 Å². The molecule has 1 N–H and O–H groups in total. The Morgan fingerprint density at radius 2 is 2.20 bits per heavy atom. The minimum atomic E-state index is -0.536. The van der Waals surface area contributed by atoms with Crippen molar-refractivity contribution < 1.29 is 9.84 Å². The Balaban J connectivity index is 2.14. The highest BCUT2D eigenvalue weighted by Crippen LogP contribution is 2.27. The van der Waals surface area contributed by atoms with Crippen LogP contribution in [0.25, 0.3) is 0 Å². The Kier molecular flexibility index (Phi) is 4.79. The van der Waals surface area contributed by atoms with Crippen LogP contribution >= 0.6 is 0 Å². The summed E-state index contributed by atoms with van der Waals surface area (Å²) < 4.78 is 7.98. The number of aliphatic hydroxyl groups excluding tert-OH is 1. The highest BCUT2D eigenvalue weighted by atomic mass is 16.5. The van der Waals surface area contributed by atoms with Gasteiger partial charge in [0.05, 0.1) is 24.3 Å². The van der Waals surface area contributed by atoms with Gasteiger partial charge in [-0.3, -0.25) is 0 Å². The average molecular weight is 274 g/mol. The van der Waals surface area contributed by atoms with Crippen LogP contribution in [0.3, 0.4) is 0 Å². The van der Waals surface area contributed by atoms with E-state index in [1.807, 2.05) is 37.6 Å². The number of hydrogen-bond donors (Lipinski definition) is 1. The van der Waals surface area contributed by atoms with E-state index in [0.29, 0.717) is 6.61 Å². The topological polar surface area (TPSA) is 47.3 Å². The van der Waals surface area contributed by atoms with E-state index in [1.54, 1.807) is 6.92 Å². The van der Waals surface area contributed by atoms with E-state index >= 15 is 0 Å². The molecule has 0 fully saturated rings. The lowest BCUT2D eigenvalue weighted by atomic mass is 10.1. The molecule has 0 aliphatic carbocycles. The molecule has 4 heteroatoms. The minimum Gasteiger partial charge on any atom is -0.487 e. The molecule has 0 bridgehead atoms. The molecule has 1 atom stereocenters. The molecule has 0 saturated heterocycles. The number of ether oxygens (including phenoxy) is 1. The predicted molar refractivity (Wildman–Crippen MR) is 78.7 cm³/mol. The van der Waals surface area contributed by atoms with Crippen molar-refractivity contribution in [2.45, 2.75) is 46.4 Å². The predicted octanol–water partition coefficient (Wildman–Crippen LogP) is 3.23. The molecule has 2 aromatic rings. The van der Waals surface area contributed by atoms with E-state index in [4.69, 9.17) is 4.74 Å². The third-order valence-corrected chi connectivity index (χ3v) is 3.26. The number of aryl methyl sites for hydroxylation is 2. The van der Waals surface area contributed by atoms with E-state index in [-0.39, 0.29) is 0 Å². The van der Waals surface area contributed by atoms with Gasteiger partial charge in [-0.1, -0.05) is 19.1 Å². The van der Waals surface area contributed by atoms with Crippen molar-refractivity contribution in [3.8, 4) is 5.75 Å². The molecule has 0 spiro atoms. The highest BCUT2D eigenvalue weighted by Gasteiger charge is 2.10. The molecule has 4 nitrogen and oxygen atoms in total. The van der Waals surface area contributed by atoms with Crippen LogP contribution in [-0.2, 0) is 13.2 Å². The van der Waals surface area contributed by atoms with Gasteiger partial charge in [0.15, 0.2) is 0 Å². The second-order valence-corrected chi connectivity index (χ2v) is 5.08. The molecular weight excluding hydrogens is 252 g/mol. The molecule has 1 aromatic heterocycles. The standard InChI is InChI=1S/C16H22N2O2/c1-4-7-18-11-17-9-14(18)10-20-16-8-12(2)5-6-15(16)13(3)19/h5-6,8-9,11,13,19H,4,7,10H2,1-3H3. The number of hydrogen-bond acceptors (Lipinski definition) is 3. The quantitative estimate of drug-likeness (QED) is 0.879. The van der Waals surface area contributed by atoms with E-state index in [2.05, 4.69) is 16.5 Å². The molecule has 108 valence electrons. The molecule has 20 heavy (non-hydrogen) atoms. The van der Waals surface area contributed by atoms with Crippen molar-refractivity contribution >= 4 is 0 Å². The van der Waals surface area contributed by atoms with Crippen LogP contribution in [-0.4, -0.2) is 14.7 Å². The van der Waals surface area contributed by atoms with Crippen LogP contribution in [0, 0.1) is 6.92 Å². The summed E-state index contributed by atoms with van der Waals surface area (Å²) in [5.74, 6) is 0.740. The lowest BCUT2D eigenvalue weighted by molar-refractivity contribution is 0.189. The van der Waals surface area contributed by atoms with Crippen LogP contribution in [0.2, 0.25) is 0 Å². The summed E-state index contributed by atoms with van der Waals surface area (Å²) in [7, 11) is 0. The number of aromatic nitrogens is 2. The zero-order chi connectivity index (χ0) is 14.5.